The van der Waals surface area contributed by atoms with Crippen molar-refractivity contribution in [3.8, 4) is 5.75 Å². The Kier molecular flexibility index (Phi) is 5.18. The molecule has 1 aliphatic rings. The van der Waals surface area contributed by atoms with Gasteiger partial charge in [0, 0.05) is 13.1 Å². The first-order valence-corrected chi connectivity index (χ1v) is 6.50. The number of carbonyl (C=O) groups is 1. The van der Waals surface area contributed by atoms with Crippen molar-refractivity contribution in [1.29, 1.82) is 0 Å². The van der Waals surface area contributed by atoms with E-state index in [4.69, 9.17) is 14.6 Å². The van der Waals surface area contributed by atoms with Crippen LogP contribution in [-0.4, -0.2) is 54.9 Å². The second-order valence-electron chi connectivity index (χ2n) is 4.48. The van der Waals surface area contributed by atoms with Crippen LogP contribution in [0, 0.1) is 0 Å². The van der Waals surface area contributed by atoms with Crippen molar-refractivity contribution in [2.45, 2.75) is 12.5 Å². The number of rotatable bonds is 6. The maximum atomic E-state index is 11.1. The summed E-state index contributed by atoms with van der Waals surface area (Å²) in [5, 5.41) is 9.09. The molecule has 1 saturated heterocycles. The number of morpholine rings is 1. The van der Waals surface area contributed by atoms with Crippen LogP contribution in [-0.2, 0) is 9.53 Å². The predicted octanol–water partition coefficient (Wildman–Crippen LogP) is 1.24. The molecule has 104 valence electrons. The molecule has 0 aliphatic carbocycles. The molecule has 5 heteroatoms. The molecule has 1 atom stereocenters. The average molecular weight is 265 g/mol. The normalized spacial score (nSPS) is 20.1. The molecule has 1 N–H and O–H groups in total. The molecule has 1 aliphatic heterocycles. The third kappa shape index (κ3) is 4.22. The summed E-state index contributed by atoms with van der Waals surface area (Å²) in [5.74, 6) is 0.0305. The van der Waals surface area contributed by atoms with Gasteiger partial charge >= 0.3 is 5.97 Å². The van der Waals surface area contributed by atoms with Gasteiger partial charge in [0.2, 0.25) is 0 Å². The molecule has 1 fully saturated rings. The summed E-state index contributed by atoms with van der Waals surface area (Å²) in [6, 6.07) is 9.10. The fourth-order valence-electron chi connectivity index (χ4n) is 2.11. The highest BCUT2D eigenvalue weighted by atomic mass is 16.5. The molecule has 1 aromatic rings. The molecule has 0 saturated carbocycles. The van der Waals surface area contributed by atoms with Crippen LogP contribution in [0.2, 0.25) is 0 Å². The monoisotopic (exact) mass is 265 g/mol. The molecule has 1 heterocycles. The van der Waals surface area contributed by atoms with E-state index in [0.29, 0.717) is 26.3 Å². The van der Waals surface area contributed by atoms with E-state index in [1.807, 2.05) is 35.2 Å². The highest BCUT2D eigenvalue weighted by Gasteiger charge is 2.28. The van der Waals surface area contributed by atoms with Crippen LogP contribution in [0.3, 0.4) is 0 Å². The minimum Gasteiger partial charge on any atom is -0.494 e. The second-order valence-corrected chi connectivity index (χ2v) is 4.48. The Balaban J connectivity index is 1.71. The summed E-state index contributed by atoms with van der Waals surface area (Å²) in [7, 11) is 0. The Morgan fingerprint density at radius 1 is 1.42 bits per heavy atom. The number of hydrogen-bond acceptors (Lipinski definition) is 4. The summed E-state index contributed by atoms with van der Waals surface area (Å²) in [6.45, 7) is 2.85. The first-order valence-electron chi connectivity index (χ1n) is 6.50. The van der Waals surface area contributed by atoms with Gasteiger partial charge in [0.15, 0.2) is 0 Å². The van der Waals surface area contributed by atoms with Crippen molar-refractivity contribution < 1.29 is 19.4 Å². The molecule has 19 heavy (non-hydrogen) atoms. The third-order valence-electron chi connectivity index (χ3n) is 3.13. The third-order valence-corrected chi connectivity index (χ3v) is 3.13. The first-order chi connectivity index (χ1) is 9.27. The lowest BCUT2D eigenvalue weighted by molar-refractivity contribution is -0.149. The quantitative estimate of drug-likeness (QED) is 0.784. The van der Waals surface area contributed by atoms with Crippen LogP contribution < -0.4 is 4.74 Å². The largest absolute Gasteiger partial charge is 0.494 e. The van der Waals surface area contributed by atoms with E-state index in [1.54, 1.807) is 0 Å². The lowest BCUT2D eigenvalue weighted by atomic mass is 10.2. The van der Waals surface area contributed by atoms with E-state index in [2.05, 4.69) is 0 Å². The zero-order valence-corrected chi connectivity index (χ0v) is 10.8. The lowest BCUT2D eigenvalue weighted by Gasteiger charge is -2.32. The number of para-hydroxylation sites is 1. The molecule has 0 aromatic heterocycles. The predicted molar refractivity (Wildman–Crippen MR) is 70.4 cm³/mol. The maximum Gasteiger partial charge on any atom is 0.323 e. The minimum absolute atomic E-state index is 0.273. The first kappa shape index (κ1) is 13.8. The molecule has 0 spiro atoms. The summed E-state index contributed by atoms with van der Waals surface area (Å²) in [4.78, 5) is 13.0. The van der Waals surface area contributed by atoms with Gasteiger partial charge in [0.1, 0.15) is 11.8 Å². The number of carboxylic acids is 1. The van der Waals surface area contributed by atoms with E-state index in [1.165, 1.54) is 0 Å². The lowest BCUT2D eigenvalue weighted by Crippen LogP contribution is -2.50. The minimum atomic E-state index is -0.816. The van der Waals surface area contributed by atoms with Gasteiger partial charge in [-0.25, -0.2) is 0 Å². The van der Waals surface area contributed by atoms with Gasteiger partial charge in [0.05, 0.1) is 19.8 Å². The zero-order valence-electron chi connectivity index (χ0n) is 10.8. The van der Waals surface area contributed by atoms with Gasteiger partial charge in [-0.05, 0) is 18.6 Å². The standard InChI is InChI=1S/C14H19NO4/c16-14(17)13-11-18-10-8-15(13)7-4-9-19-12-5-2-1-3-6-12/h1-3,5-6,13H,4,7-11H2,(H,16,17). The highest BCUT2D eigenvalue weighted by Crippen LogP contribution is 2.10. The number of carboxylic acid groups (broad SMARTS) is 1. The van der Waals surface area contributed by atoms with Crippen molar-refractivity contribution in [3.63, 3.8) is 0 Å². The average Bonchev–Trinajstić information content (AvgIpc) is 2.45. The Morgan fingerprint density at radius 3 is 2.95 bits per heavy atom. The van der Waals surface area contributed by atoms with Gasteiger partial charge in [-0.1, -0.05) is 18.2 Å². The van der Waals surface area contributed by atoms with Crippen LogP contribution >= 0.6 is 0 Å². The smallest absolute Gasteiger partial charge is 0.323 e. The van der Waals surface area contributed by atoms with Crippen molar-refractivity contribution in [2.75, 3.05) is 32.9 Å². The fourth-order valence-corrected chi connectivity index (χ4v) is 2.11. The van der Waals surface area contributed by atoms with Crippen LogP contribution in [0.1, 0.15) is 6.42 Å². The summed E-state index contributed by atoms with van der Waals surface area (Å²) in [5.41, 5.74) is 0. The van der Waals surface area contributed by atoms with Crippen LogP contribution in [0.4, 0.5) is 0 Å². The Labute approximate surface area is 112 Å². The van der Waals surface area contributed by atoms with Crippen LogP contribution in [0.5, 0.6) is 5.75 Å². The van der Waals surface area contributed by atoms with Crippen LogP contribution in [0.25, 0.3) is 0 Å². The summed E-state index contributed by atoms with van der Waals surface area (Å²) >= 11 is 0. The van der Waals surface area contributed by atoms with E-state index >= 15 is 0 Å². The Hall–Kier alpha value is -1.59. The van der Waals surface area contributed by atoms with E-state index in [9.17, 15) is 4.79 Å². The van der Waals surface area contributed by atoms with Crippen molar-refractivity contribution in [2.24, 2.45) is 0 Å². The van der Waals surface area contributed by atoms with Crippen LogP contribution in [0.15, 0.2) is 30.3 Å². The van der Waals surface area contributed by atoms with Gasteiger partial charge in [-0.3, -0.25) is 9.69 Å². The summed E-state index contributed by atoms with van der Waals surface area (Å²) in [6.07, 6.45) is 0.804. The molecule has 5 nitrogen and oxygen atoms in total. The van der Waals surface area contributed by atoms with E-state index in [0.717, 1.165) is 12.2 Å². The number of aliphatic carboxylic acids is 1. The Morgan fingerprint density at radius 2 is 2.21 bits per heavy atom. The Bertz CT molecular complexity index is 396. The number of nitrogens with zero attached hydrogens (tertiary/aromatic N) is 1. The SMILES string of the molecule is O=C(O)C1COCCN1CCCOc1ccccc1. The molecule has 1 aromatic carbocycles. The maximum absolute atomic E-state index is 11.1. The van der Waals surface area contributed by atoms with Crippen molar-refractivity contribution in [1.82, 2.24) is 4.90 Å². The van der Waals surface area contributed by atoms with E-state index < -0.39 is 12.0 Å². The van der Waals surface area contributed by atoms with Gasteiger partial charge in [0.25, 0.3) is 0 Å². The topological polar surface area (TPSA) is 59.0 Å². The number of hydrogen-bond donors (Lipinski definition) is 1. The number of ether oxygens (including phenoxy) is 2. The molecule has 0 radical (unpaired) electrons. The van der Waals surface area contributed by atoms with Crippen molar-refractivity contribution in [3.05, 3.63) is 30.3 Å². The van der Waals surface area contributed by atoms with Gasteiger partial charge < -0.3 is 14.6 Å². The summed E-state index contributed by atoms with van der Waals surface area (Å²) < 4.78 is 10.8. The van der Waals surface area contributed by atoms with Gasteiger partial charge in [-0.2, -0.15) is 0 Å². The zero-order chi connectivity index (χ0) is 13.5. The van der Waals surface area contributed by atoms with Gasteiger partial charge in [-0.15, -0.1) is 0 Å². The highest BCUT2D eigenvalue weighted by molar-refractivity contribution is 5.73. The molecular weight excluding hydrogens is 246 g/mol. The second kappa shape index (κ2) is 7.11. The van der Waals surface area contributed by atoms with E-state index in [-0.39, 0.29) is 6.61 Å². The molecular formula is C14H19NO4. The number of benzene rings is 1. The molecule has 2 rings (SSSR count). The molecule has 0 bridgehead atoms. The molecule has 0 amide bonds. The fraction of sp³-hybridized carbons (Fsp3) is 0.500. The molecule has 1 unspecified atom stereocenters. The van der Waals surface area contributed by atoms with Crippen molar-refractivity contribution >= 4 is 5.97 Å².